The zero-order valence-electron chi connectivity index (χ0n) is 24.7. The van der Waals surface area contributed by atoms with E-state index in [-0.39, 0.29) is 17.7 Å². The first kappa shape index (κ1) is 28.6. The standard InChI is InChI=1S/C33H34N6O3S/c1-18(2)27-17-43-32(37-27)31(41)36-25-7-5-6-21(19(25)3)22-10-11-24(30(34)40)29-28(22)23-9-8-20(16-26(23)35-29)33(42)39-14-12-38(4)13-15-39/h5-11,16-18,35H,12-15H2,1-4H3,(H2,34,40)(H,36,41). The first-order valence-corrected chi connectivity index (χ1v) is 15.2. The molecule has 3 heterocycles. The smallest absolute Gasteiger partial charge is 0.284 e. The van der Waals surface area contributed by atoms with Gasteiger partial charge < -0.3 is 25.8 Å². The maximum absolute atomic E-state index is 13.3. The third-order valence-electron chi connectivity index (χ3n) is 8.24. The number of thiazole rings is 1. The predicted octanol–water partition coefficient (Wildman–Crippen LogP) is 5.62. The summed E-state index contributed by atoms with van der Waals surface area (Å²) >= 11 is 1.33. The summed E-state index contributed by atoms with van der Waals surface area (Å²) in [6.45, 7) is 9.10. The molecule has 2 aromatic heterocycles. The normalized spacial score (nSPS) is 14.1. The Labute approximate surface area is 253 Å². The monoisotopic (exact) mass is 594 g/mol. The molecule has 1 aliphatic heterocycles. The number of nitrogens with two attached hydrogens (primary N) is 1. The van der Waals surface area contributed by atoms with E-state index in [1.54, 1.807) is 6.07 Å². The molecule has 9 nitrogen and oxygen atoms in total. The number of piperazine rings is 1. The minimum atomic E-state index is -0.543. The molecule has 220 valence electrons. The first-order chi connectivity index (χ1) is 20.6. The minimum Gasteiger partial charge on any atom is -0.366 e. The SMILES string of the molecule is Cc1c(NC(=O)c2nc(C(C)C)cs2)cccc1-c1ccc(C(N)=O)c2[nH]c3cc(C(=O)N4CCN(C)CC4)ccc3c12. The number of carbonyl (C=O) groups excluding carboxylic acids is 3. The lowest BCUT2D eigenvalue weighted by atomic mass is 9.93. The number of nitrogens with zero attached hydrogens (tertiary/aromatic N) is 3. The van der Waals surface area contributed by atoms with Crippen LogP contribution >= 0.6 is 11.3 Å². The number of aromatic nitrogens is 2. The molecule has 0 atom stereocenters. The van der Waals surface area contributed by atoms with Gasteiger partial charge in [0.05, 0.1) is 16.8 Å². The van der Waals surface area contributed by atoms with Crippen LogP contribution in [0.3, 0.4) is 0 Å². The van der Waals surface area contributed by atoms with Crippen molar-refractivity contribution in [1.29, 1.82) is 0 Å². The molecular formula is C33H34N6O3S. The highest BCUT2D eigenvalue weighted by Gasteiger charge is 2.23. The molecule has 0 spiro atoms. The van der Waals surface area contributed by atoms with Crippen molar-refractivity contribution in [3.63, 3.8) is 0 Å². The molecule has 1 fully saturated rings. The number of fused-ring (bicyclic) bond motifs is 3. The number of carbonyl (C=O) groups is 3. The Bertz CT molecular complexity index is 1900. The fourth-order valence-electron chi connectivity index (χ4n) is 5.66. The Morgan fingerprint density at radius 1 is 1.02 bits per heavy atom. The quantitative estimate of drug-likeness (QED) is 0.236. The maximum Gasteiger partial charge on any atom is 0.284 e. The molecule has 3 aromatic carbocycles. The molecule has 0 radical (unpaired) electrons. The van der Waals surface area contributed by atoms with Gasteiger partial charge in [-0.3, -0.25) is 14.4 Å². The molecule has 1 saturated heterocycles. The number of H-pyrrole nitrogens is 1. The van der Waals surface area contributed by atoms with Crippen LogP contribution in [0.15, 0.2) is 53.9 Å². The Balaban J connectivity index is 1.41. The number of nitrogens with one attached hydrogen (secondary N) is 2. The van der Waals surface area contributed by atoms with Crippen molar-refractivity contribution >= 4 is 56.6 Å². The summed E-state index contributed by atoms with van der Waals surface area (Å²) in [4.78, 5) is 50.8. The van der Waals surface area contributed by atoms with E-state index in [1.165, 1.54) is 11.3 Å². The molecule has 0 aliphatic carbocycles. The van der Waals surface area contributed by atoms with Gasteiger partial charge in [0.1, 0.15) is 0 Å². The van der Waals surface area contributed by atoms with Gasteiger partial charge in [0.2, 0.25) is 0 Å². The molecule has 10 heteroatoms. The fraction of sp³-hybridized carbons (Fsp3) is 0.273. The van der Waals surface area contributed by atoms with E-state index >= 15 is 0 Å². The van der Waals surface area contributed by atoms with Gasteiger partial charge in [-0.1, -0.05) is 38.1 Å². The van der Waals surface area contributed by atoms with Crippen LogP contribution in [0.1, 0.15) is 61.5 Å². The number of rotatable bonds is 6. The van der Waals surface area contributed by atoms with Crippen molar-refractivity contribution in [2.45, 2.75) is 26.7 Å². The highest BCUT2D eigenvalue weighted by molar-refractivity contribution is 7.11. The lowest BCUT2D eigenvalue weighted by Gasteiger charge is -2.32. The maximum atomic E-state index is 13.3. The lowest BCUT2D eigenvalue weighted by molar-refractivity contribution is 0.0664. The molecule has 6 rings (SSSR count). The summed E-state index contributed by atoms with van der Waals surface area (Å²) in [5.41, 5.74) is 12.3. The van der Waals surface area contributed by atoms with Gasteiger partial charge in [-0.2, -0.15) is 0 Å². The molecule has 5 aromatic rings. The van der Waals surface area contributed by atoms with Crippen LogP contribution in [0.5, 0.6) is 0 Å². The highest BCUT2D eigenvalue weighted by Crippen LogP contribution is 2.39. The van der Waals surface area contributed by atoms with Gasteiger partial charge in [-0.05, 0) is 60.8 Å². The van der Waals surface area contributed by atoms with E-state index in [2.05, 4.69) is 27.2 Å². The third-order valence-corrected chi connectivity index (χ3v) is 9.10. The number of primary amides is 1. The van der Waals surface area contributed by atoms with Gasteiger partial charge in [-0.15, -0.1) is 11.3 Å². The second-order valence-electron chi connectivity index (χ2n) is 11.4. The second-order valence-corrected chi connectivity index (χ2v) is 12.3. The van der Waals surface area contributed by atoms with Gasteiger partial charge >= 0.3 is 0 Å². The topological polar surface area (TPSA) is 124 Å². The summed E-state index contributed by atoms with van der Waals surface area (Å²) in [5.74, 6) is -0.565. The molecule has 0 unspecified atom stereocenters. The number of hydrogen-bond donors (Lipinski definition) is 3. The minimum absolute atomic E-state index is 0.0102. The molecule has 43 heavy (non-hydrogen) atoms. The molecule has 4 N–H and O–H groups in total. The number of likely N-dealkylation sites (N-methyl/N-ethyl adjacent to an activating group) is 1. The first-order valence-electron chi connectivity index (χ1n) is 14.3. The average molecular weight is 595 g/mol. The second kappa shape index (κ2) is 11.3. The van der Waals surface area contributed by atoms with E-state index in [9.17, 15) is 14.4 Å². The highest BCUT2D eigenvalue weighted by atomic mass is 32.1. The zero-order chi connectivity index (χ0) is 30.4. The van der Waals surface area contributed by atoms with Crippen LogP contribution in [0, 0.1) is 6.92 Å². The molecular weight excluding hydrogens is 560 g/mol. The van der Waals surface area contributed by atoms with Crippen molar-refractivity contribution in [3.05, 3.63) is 81.3 Å². The van der Waals surface area contributed by atoms with Gasteiger partial charge in [0.25, 0.3) is 17.7 Å². The number of aromatic amines is 1. The number of benzene rings is 3. The van der Waals surface area contributed by atoms with Crippen LogP contribution in [0.2, 0.25) is 0 Å². The van der Waals surface area contributed by atoms with Crippen LogP contribution in [0.4, 0.5) is 5.69 Å². The number of amides is 3. The summed E-state index contributed by atoms with van der Waals surface area (Å²) in [6.07, 6.45) is 0. The van der Waals surface area contributed by atoms with E-state index < -0.39 is 5.91 Å². The van der Waals surface area contributed by atoms with E-state index in [1.807, 2.05) is 73.5 Å². The van der Waals surface area contributed by atoms with Gasteiger partial charge in [-0.25, -0.2) is 4.98 Å². The zero-order valence-corrected chi connectivity index (χ0v) is 25.5. The molecule has 1 aliphatic rings. The number of anilines is 1. The predicted molar refractivity (Wildman–Crippen MR) is 172 cm³/mol. The van der Waals surface area contributed by atoms with E-state index in [0.717, 1.165) is 51.8 Å². The van der Waals surface area contributed by atoms with Crippen LogP contribution < -0.4 is 11.1 Å². The van der Waals surface area contributed by atoms with Crippen LogP contribution in [0.25, 0.3) is 32.9 Å². The Hall–Kier alpha value is -4.54. The molecule has 3 amide bonds. The molecule has 0 saturated carbocycles. The third kappa shape index (κ3) is 5.28. The van der Waals surface area contributed by atoms with Crippen LogP contribution in [-0.2, 0) is 0 Å². The van der Waals surface area contributed by atoms with Gasteiger partial charge in [0.15, 0.2) is 5.01 Å². The average Bonchev–Trinajstić information content (AvgIpc) is 3.64. The summed E-state index contributed by atoms with van der Waals surface area (Å²) in [6, 6.07) is 15.0. The fourth-order valence-corrected chi connectivity index (χ4v) is 6.54. The summed E-state index contributed by atoms with van der Waals surface area (Å²) in [7, 11) is 2.06. The van der Waals surface area contributed by atoms with Crippen molar-refractivity contribution < 1.29 is 14.4 Å². The number of hydrogen-bond acceptors (Lipinski definition) is 6. The van der Waals surface area contributed by atoms with Crippen molar-refractivity contribution in [3.8, 4) is 11.1 Å². The largest absolute Gasteiger partial charge is 0.366 e. The Morgan fingerprint density at radius 3 is 2.49 bits per heavy atom. The van der Waals surface area contributed by atoms with Crippen molar-refractivity contribution in [2.75, 3.05) is 38.5 Å². The lowest BCUT2D eigenvalue weighted by Crippen LogP contribution is -2.47. The molecule has 0 bridgehead atoms. The van der Waals surface area contributed by atoms with E-state index in [0.29, 0.717) is 40.4 Å². The summed E-state index contributed by atoms with van der Waals surface area (Å²) in [5, 5.41) is 7.08. The summed E-state index contributed by atoms with van der Waals surface area (Å²) < 4.78 is 0. The Morgan fingerprint density at radius 2 is 1.79 bits per heavy atom. The van der Waals surface area contributed by atoms with Crippen molar-refractivity contribution in [1.82, 2.24) is 19.8 Å². The van der Waals surface area contributed by atoms with E-state index in [4.69, 9.17) is 5.73 Å². The van der Waals surface area contributed by atoms with Crippen LogP contribution in [-0.4, -0.2) is 70.7 Å². The van der Waals surface area contributed by atoms with Gasteiger partial charge in [0, 0.05) is 59.1 Å². The Kier molecular flexibility index (Phi) is 7.49. The van der Waals surface area contributed by atoms with Crippen molar-refractivity contribution in [2.24, 2.45) is 5.73 Å².